The first-order valence-corrected chi connectivity index (χ1v) is 9.48. The molecule has 0 spiro atoms. The predicted molar refractivity (Wildman–Crippen MR) is 126 cm³/mol. The predicted octanol–water partition coefficient (Wildman–Crippen LogP) is 3.70. The number of amides is 1. The number of anilines is 1. The number of piperidine rings is 1. The van der Waals surface area contributed by atoms with E-state index in [1.807, 2.05) is 26.8 Å². The summed E-state index contributed by atoms with van der Waals surface area (Å²) in [5.74, 6) is 2.02. The molecule has 1 aromatic carbocycles. The number of nitrogens with one attached hydrogen (secondary N) is 1. The van der Waals surface area contributed by atoms with Gasteiger partial charge in [0, 0.05) is 31.4 Å². The summed E-state index contributed by atoms with van der Waals surface area (Å²) in [6, 6.07) is 5.46. The number of nitrogens with two attached hydrogens (primary N) is 1. The summed E-state index contributed by atoms with van der Waals surface area (Å²) in [7, 11) is 3.18. The smallest absolute Gasteiger partial charge is 0.410 e. The number of ether oxygens (including phenoxy) is 3. The first-order chi connectivity index (χ1) is 13.2. The van der Waals surface area contributed by atoms with Crippen LogP contribution in [0.3, 0.4) is 0 Å². The van der Waals surface area contributed by atoms with Gasteiger partial charge in [-0.15, -0.1) is 24.0 Å². The number of rotatable bonds is 5. The third kappa shape index (κ3) is 8.15. The molecule has 0 atom stereocenters. The second-order valence-corrected chi connectivity index (χ2v) is 7.83. The van der Waals surface area contributed by atoms with E-state index < -0.39 is 5.60 Å². The molecule has 1 amide bonds. The van der Waals surface area contributed by atoms with Gasteiger partial charge in [-0.25, -0.2) is 4.79 Å². The lowest BCUT2D eigenvalue weighted by atomic mass is 9.97. The zero-order valence-electron chi connectivity index (χ0n) is 17.9. The van der Waals surface area contributed by atoms with Gasteiger partial charge in [0.15, 0.2) is 17.5 Å². The number of hydrogen-bond acceptors (Lipinski definition) is 5. The van der Waals surface area contributed by atoms with E-state index in [2.05, 4.69) is 10.3 Å². The van der Waals surface area contributed by atoms with Crippen LogP contribution >= 0.6 is 24.0 Å². The highest BCUT2D eigenvalue weighted by Gasteiger charge is 2.26. The summed E-state index contributed by atoms with van der Waals surface area (Å²) < 4.78 is 15.9. The maximum atomic E-state index is 12.1. The van der Waals surface area contributed by atoms with E-state index in [0.717, 1.165) is 18.5 Å². The number of carbonyl (C=O) groups is 1. The van der Waals surface area contributed by atoms with Crippen LogP contribution in [0.4, 0.5) is 10.5 Å². The lowest BCUT2D eigenvalue weighted by Crippen LogP contribution is -2.42. The van der Waals surface area contributed by atoms with Crippen molar-refractivity contribution in [3.05, 3.63) is 18.2 Å². The molecule has 0 aromatic heterocycles. The molecule has 0 aliphatic carbocycles. The molecule has 3 N–H and O–H groups in total. The number of likely N-dealkylation sites (tertiary alicyclic amines) is 1. The Hall–Kier alpha value is -1.91. The largest absolute Gasteiger partial charge is 0.493 e. The molecule has 8 nitrogen and oxygen atoms in total. The molecule has 0 unspecified atom stereocenters. The zero-order chi connectivity index (χ0) is 20.7. The molecule has 2 rings (SSSR count). The Kier molecular flexibility index (Phi) is 9.81. The van der Waals surface area contributed by atoms with Crippen LogP contribution in [-0.2, 0) is 4.74 Å². The molecule has 0 radical (unpaired) electrons. The molecule has 1 aliphatic rings. The van der Waals surface area contributed by atoms with Crippen molar-refractivity contribution in [3.8, 4) is 11.5 Å². The van der Waals surface area contributed by atoms with Gasteiger partial charge in [0.05, 0.1) is 14.2 Å². The number of hydrogen-bond donors (Lipinski definition) is 2. The second-order valence-electron chi connectivity index (χ2n) is 7.83. The van der Waals surface area contributed by atoms with Crippen molar-refractivity contribution < 1.29 is 19.0 Å². The molecule has 1 heterocycles. The normalized spacial score (nSPS) is 15.3. The third-order valence-corrected chi connectivity index (χ3v) is 4.44. The van der Waals surface area contributed by atoms with E-state index in [0.29, 0.717) is 43.0 Å². The van der Waals surface area contributed by atoms with Gasteiger partial charge in [-0.1, -0.05) is 0 Å². The van der Waals surface area contributed by atoms with Crippen molar-refractivity contribution >= 4 is 41.7 Å². The Morgan fingerprint density at radius 1 is 1.21 bits per heavy atom. The second kappa shape index (κ2) is 11.3. The number of methoxy groups -OCH3 is 2. The van der Waals surface area contributed by atoms with E-state index in [4.69, 9.17) is 19.9 Å². The number of aliphatic imine (C=N–C) groups is 1. The summed E-state index contributed by atoms with van der Waals surface area (Å²) in [5, 5.41) is 3.07. The Labute approximate surface area is 190 Å². The van der Waals surface area contributed by atoms with Crippen molar-refractivity contribution in [2.24, 2.45) is 16.6 Å². The highest BCUT2D eigenvalue weighted by Crippen LogP contribution is 2.29. The molecule has 0 saturated carbocycles. The average molecular weight is 520 g/mol. The molecule has 9 heteroatoms. The van der Waals surface area contributed by atoms with E-state index in [-0.39, 0.29) is 30.1 Å². The minimum Gasteiger partial charge on any atom is -0.493 e. The fourth-order valence-corrected chi connectivity index (χ4v) is 2.95. The standard InChI is InChI=1S/C20H32N4O4.HI/c1-20(2,3)28-19(25)24-10-8-14(9-11-24)13-22-18(21)23-15-6-7-16(26-4)17(12-15)27-5;/h6-7,12,14H,8-11,13H2,1-5H3,(H3,21,22,23);1H. The van der Waals surface area contributed by atoms with E-state index >= 15 is 0 Å². The maximum absolute atomic E-state index is 12.1. The van der Waals surface area contributed by atoms with Gasteiger partial charge >= 0.3 is 6.09 Å². The summed E-state index contributed by atoms with van der Waals surface area (Å²) in [6.07, 6.45) is 1.52. The average Bonchev–Trinajstić information content (AvgIpc) is 2.65. The first kappa shape index (κ1) is 25.1. The van der Waals surface area contributed by atoms with Crippen LogP contribution in [0.5, 0.6) is 11.5 Å². The zero-order valence-corrected chi connectivity index (χ0v) is 20.2. The van der Waals surface area contributed by atoms with Gasteiger partial charge in [0.25, 0.3) is 0 Å². The van der Waals surface area contributed by atoms with Crippen LogP contribution in [0, 0.1) is 5.92 Å². The molecular weight excluding hydrogens is 487 g/mol. The summed E-state index contributed by atoms with van der Waals surface area (Å²) >= 11 is 0. The van der Waals surface area contributed by atoms with Gasteiger partial charge in [0.2, 0.25) is 0 Å². The highest BCUT2D eigenvalue weighted by molar-refractivity contribution is 14.0. The molecule has 0 bridgehead atoms. The van der Waals surface area contributed by atoms with E-state index in [9.17, 15) is 4.79 Å². The van der Waals surface area contributed by atoms with Crippen LogP contribution in [0.2, 0.25) is 0 Å². The fourth-order valence-electron chi connectivity index (χ4n) is 2.95. The van der Waals surface area contributed by atoms with Crippen LogP contribution in [0.1, 0.15) is 33.6 Å². The van der Waals surface area contributed by atoms with Crippen molar-refractivity contribution in [1.29, 1.82) is 0 Å². The summed E-state index contributed by atoms with van der Waals surface area (Å²) in [4.78, 5) is 18.3. The number of guanidine groups is 1. The Morgan fingerprint density at radius 3 is 2.38 bits per heavy atom. The van der Waals surface area contributed by atoms with Crippen molar-refractivity contribution in [2.45, 2.75) is 39.2 Å². The molecular formula is C20H33IN4O4. The van der Waals surface area contributed by atoms with Crippen molar-refractivity contribution in [3.63, 3.8) is 0 Å². The first-order valence-electron chi connectivity index (χ1n) is 9.48. The third-order valence-electron chi connectivity index (χ3n) is 4.44. The van der Waals surface area contributed by atoms with Crippen LogP contribution in [0.25, 0.3) is 0 Å². The quantitative estimate of drug-likeness (QED) is 0.349. The Morgan fingerprint density at radius 2 is 1.83 bits per heavy atom. The van der Waals surface area contributed by atoms with Crippen molar-refractivity contribution in [2.75, 3.05) is 39.2 Å². The van der Waals surface area contributed by atoms with Crippen LogP contribution in [-0.4, -0.2) is 56.4 Å². The number of halogens is 1. The number of carbonyl (C=O) groups excluding carboxylic acids is 1. The summed E-state index contributed by atoms with van der Waals surface area (Å²) in [6.45, 7) is 7.60. The molecule has 1 aromatic rings. The highest BCUT2D eigenvalue weighted by atomic mass is 127. The monoisotopic (exact) mass is 520 g/mol. The van der Waals surface area contributed by atoms with Crippen molar-refractivity contribution in [1.82, 2.24) is 4.90 Å². The number of benzene rings is 1. The SMILES string of the molecule is COc1ccc(NC(N)=NCC2CCN(C(=O)OC(C)(C)C)CC2)cc1OC.I. The lowest BCUT2D eigenvalue weighted by Gasteiger charge is -2.33. The molecule has 29 heavy (non-hydrogen) atoms. The topological polar surface area (TPSA) is 98.4 Å². The van der Waals surface area contributed by atoms with Gasteiger partial charge in [-0.2, -0.15) is 0 Å². The maximum Gasteiger partial charge on any atom is 0.410 e. The van der Waals surface area contributed by atoms with Crippen LogP contribution in [0.15, 0.2) is 23.2 Å². The van der Waals surface area contributed by atoms with E-state index in [1.54, 1.807) is 31.3 Å². The van der Waals surface area contributed by atoms with Gasteiger partial charge in [-0.05, 0) is 51.7 Å². The van der Waals surface area contributed by atoms with Gasteiger partial charge in [0.1, 0.15) is 5.60 Å². The van der Waals surface area contributed by atoms with E-state index in [1.165, 1.54) is 0 Å². The lowest BCUT2D eigenvalue weighted by molar-refractivity contribution is 0.0187. The van der Waals surface area contributed by atoms with Gasteiger partial charge in [-0.3, -0.25) is 4.99 Å². The minimum absolute atomic E-state index is 0. The van der Waals surface area contributed by atoms with Crippen LogP contribution < -0.4 is 20.5 Å². The Bertz CT molecular complexity index is 698. The summed E-state index contributed by atoms with van der Waals surface area (Å²) in [5.41, 5.74) is 6.32. The number of nitrogens with zero attached hydrogens (tertiary/aromatic N) is 2. The van der Waals surface area contributed by atoms with Gasteiger partial charge < -0.3 is 30.2 Å². The molecule has 1 aliphatic heterocycles. The molecule has 1 fully saturated rings. The Balaban J connectivity index is 0.00000420. The minimum atomic E-state index is -0.470. The molecule has 164 valence electrons. The molecule has 1 saturated heterocycles. The fraction of sp³-hybridized carbons (Fsp3) is 0.600.